The Bertz CT molecular complexity index is 525. The number of nitrogens with zero attached hydrogens (tertiary/aromatic N) is 3. The van der Waals surface area contributed by atoms with Crippen LogP contribution in [0.3, 0.4) is 0 Å². The fourth-order valence-electron chi connectivity index (χ4n) is 2.88. The van der Waals surface area contributed by atoms with E-state index >= 15 is 0 Å². The van der Waals surface area contributed by atoms with Gasteiger partial charge in [0.25, 0.3) is 0 Å². The molecule has 1 aliphatic heterocycles. The lowest BCUT2D eigenvalue weighted by molar-refractivity contribution is 0.0184. The van der Waals surface area contributed by atoms with Gasteiger partial charge in [-0.05, 0) is 53.0 Å². The molecule has 0 saturated carbocycles. The molecule has 0 unspecified atom stereocenters. The van der Waals surface area contributed by atoms with Gasteiger partial charge in [0.2, 0.25) is 0 Å². The Hall–Kier alpha value is -1.56. The summed E-state index contributed by atoms with van der Waals surface area (Å²) in [6.45, 7) is 11.2. The largest absolute Gasteiger partial charge is 0.444 e. The first-order chi connectivity index (χ1) is 10.7. The number of piperidine rings is 1. The van der Waals surface area contributed by atoms with Crippen molar-refractivity contribution in [3.05, 3.63) is 17.5 Å². The van der Waals surface area contributed by atoms with Gasteiger partial charge in [-0.2, -0.15) is 5.10 Å². The summed E-state index contributed by atoms with van der Waals surface area (Å²) in [7, 11) is 1.95. The van der Waals surface area contributed by atoms with E-state index in [1.807, 2.05) is 44.3 Å². The van der Waals surface area contributed by atoms with Crippen molar-refractivity contribution in [1.29, 1.82) is 0 Å². The van der Waals surface area contributed by atoms with Crippen molar-refractivity contribution < 1.29 is 9.53 Å². The number of aromatic nitrogens is 2. The van der Waals surface area contributed by atoms with Crippen LogP contribution in [0.15, 0.2) is 6.20 Å². The lowest BCUT2D eigenvalue weighted by Crippen LogP contribution is -2.43. The van der Waals surface area contributed by atoms with Gasteiger partial charge in [0, 0.05) is 38.4 Å². The highest BCUT2D eigenvalue weighted by atomic mass is 16.6. The molecule has 6 heteroatoms. The van der Waals surface area contributed by atoms with Gasteiger partial charge in [-0.3, -0.25) is 4.68 Å². The summed E-state index contributed by atoms with van der Waals surface area (Å²) in [6.07, 6.45) is 3.93. The molecule has 6 nitrogen and oxygen atoms in total. The molecule has 1 fully saturated rings. The first-order valence-electron chi connectivity index (χ1n) is 8.42. The molecule has 0 aliphatic carbocycles. The van der Waals surface area contributed by atoms with Gasteiger partial charge in [0.1, 0.15) is 5.60 Å². The van der Waals surface area contributed by atoms with Crippen LogP contribution in [-0.2, 0) is 18.3 Å². The molecule has 130 valence electrons. The molecule has 1 aliphatic rings. The monoisotopic (exact) mass is 322 g/mol. The lowest BCUT2D eigenvalue weighted by Gasteiger charge is -2.33. The molecule has 1 aromatic rings. The summed E-state index contributed by atoms with van der Waals surface area (Å²) >= 11 is 0. The van der Waals surface area contributed by atoms with Crippen molar-refractivity contribution in [1.82, 2.24) is 20.0 Å². The minimum Gasteiger partial charge on any atom is -0.444 e. The Balaban J connectivity index is 1.69. The number of rotatable bonds is 4. The van der Waals surface area contributed by atoms with Crippen LogP contribution < -0.4 is 5.32 Å². The van der Waals surface area contributed by atoms with Gasteiger partial charge < -0.3 is 15.0 Å². The Kier molecular flexibility index (Phi) is 5.68. The number of carbonyl (C=O) groups excluding carboxylic acids is 1. The summed E-state index contributed by atoms with van der Waals surface area (Å²) in [5, 5.41) is 7.87. The Morgan fingerprint density at radius 2 is 2.04 bits per heavy atom. The van der Waals surface area contributed by atoms with E-state index in [2.05, 4.69) is 16.6 Å². The Morgan fingerprint density at radius 1 is 1.39 bits per heavy atom. The molecule has 2 heterocycles. The first-order valence-corrected chi connectivity index (χ1v) is 8.42. The van der Waals surface area contributed by atoms with E-state index in [4.69, 9.17) is 4.74 Å². The molecule has 0 spiro atoms. The van der Waals surface area contributed by atoms with E-state index in [-0.39, 0.29) is 6.09 Å². The predicted octanol–water partition coefficient (Wildman–Crippen LogP) is 2.47. The fraction of sp³-hybridized carbons (Fsp3) is 0.765. The summed E-state index contributed by atoms with van der Waals surface area (Å²) in [5.41, 5.74) is 1.91. The molecule has 1 aromatic heterocycles. The average molecular weight is 322 g/mol. The van der Waals surface area contributed by atoms with Crippen molar-refractivity contribution >= 4 is 6.09 Å². The molecule has 0 radical (unpaired) electrons. The van der Waals surface area contributed by atoms with Crippen LogP contribution in [0.2, 0.25) is 0 Å². The van der Waals surface area contributed by atoms with Crippen molar-refractivity contribution in [3.8, 4) is 0 Å². The molecule has 1 saturated heterocycles. The van der Waals surface area contributed by atoms with E-state index in [9.17, 15) is 4.79 Å². The topological polar surface area (TPSA) is 59.4 Å². The summed E-state index contributed by atoms with van der Waals surface area (Å²) in [5.74, 6) is 0.616. The highest BCUT2D eigenvalue weighted by Gasteiger charge is 2.26. The standard InChI is InChI=1S/C17H30N4O2/c1-13-15(12-20(5)19-13)11-18-10-14-6-8-21(9-7-14)16(22)23-17(2,3)4/h12,14,18H,6-11H2,1-5H3. The van der Waals surface area contributed by atoms with Crippen LogP contribution in [0.5, 0.6) is 0 Å². The van der Waals surface area contributed by atoms with E-state index in [0.29, 0.717) is 5.92 Å². The van der Waals surface area contributed by atoms with E-state index in [1.165, 1.54) is 5.56 Å². The second-order valence-electron chi connectivity index (χ2n) is 7.46. The number of likely N-dealkylation sites (tertiary alicyclic amines) is 1. The lowest BCUT2D eigenvalue weighted by atomic mass is 9.97. The highest BCUT2D eigenvalue weighted by molar-refractivity contribution is 5.68. The number of aryl methyl sites for hydroxylation is 2. The summed E-state index contributed by atoms with van der Waals surface area (Å²) in [4.78, 5) is 13.9. The molecule has 2 rings (SSSR count). The molecular weight excluding hydrogens is 292 g/mol. The molecular formula is C17H30N4O2. The zero-order valence-electron chi connectivity index (χ0n) is 15.1. The van der Waals surface area contributed by atoms with Gasteiger partial charge in [0.15, 0.2) is 0 Å². The second kappa shape index (κ2) is 7.34. The zero-order valence-corrected chi connectivity index (χ0v) is 15.1. The summed E-state index contributed by atoms with van der Waals surface area (Å²) < 4.78 is 7.28. The molecule has 1 amide bonds. The van der Waals surface area contributed by atoms with Crippen molar-refractivity contribution in [2.45, 2.75) is 52.7 Å². The number of hydrogen-bond acceptors (Lipinski definition) is 4. The van der Waals surface area contributed by atoms with E-state index in [1.54, 1.807) is 0 Å². The Labute approximate surface area is 139 Å². The summed E-state index contributed by atoms with van der Waals surface area (Å²) in [6, 6.07) is 0. The van der Waals surface area contributed by atoms with Crippen LogP contribution in [-0.4, -0.2) is 46.0 Å². The molecule has 23 heavy (non-hydrogen) atoms. The number of hydrogen-bond donors (Lipinski definition) is 1. The molecule has 0 aromatic carbocycles. The maximum Gasteiger partial charge on any atom is 0.410 e. The van der Waals surface area contributed by atoms with Crippen LogP contribution in [0.25, 0.3) is 0 Å². The van der Waals surface area contributed by atoms with Gasteiger partial charge in [-0.15, -0.1) is 0 Å². The predicted molar refractivity (Wildman–Crippen MR) is 90.2 cm³/mol. The van der Waals surface area contributed by atoms with Crippen molar-refractivity contribution in [3.63, 3.8) is 0 Å². The number of carbonyl (C=O) groups is 1. The third-order valence-corrected chi connectivity index (χ3v) is 4.13. The van der Waals surface area contributed by atoms with Crippen molar-refractivity contribution in [2.75, 3.05) is 19.6 Å². The number of amides is 1. The van der Waals surface area contributed by atoms with E-state index < -0.39 is 5.60 Å². The fourth-order valence-corrected chi connectivity index (χ4v) is 2.88. The van der Waals surface area contributed by atoms with Gasteiger partial charge in [-0.1, -0.05) is 0 Å². The number of nitrogens with one attached hydrogen (secondary N) is 1. The minimum atomic E-state index is -0.420. The molecule has 0 bridgehead atoms. The average Bonchev–Trinajstić information content (AvgIpc) is 2.76. The maximum absolute atomic E-state index is 12.0. The third kappa shape index (κ3) is 5.53. The Morgan fingerprint density at radius 3 is 2.57 bits per heavy atom. The van der Waals surface area contributed by atoms with Crippen molar-refractivity contribution in [2.24, 2.45) is 13.0 Å². The molecule has 1 N–H and O–H groups in total. The quantitative estimate of drug-likeness (QED) is 0.925. The highest BCUT2D eigenvalue weighted by Crippen LogP contribution is 2.19. The SMILES string of the molecule is Cc1nn(C)cc1CNCC1CCN(C(=O)OC(C)(C)C)CC1. The van der Waals surface area contributed by atoms with Crippen LogP contribution in [0.4, 0.5) is 4.79 Å². The minimum absolute atomic E-state index is 0.185. The second-order valence-corrected chi connectivity index (χ2v) is 7.46. The molecule has 0 atom stereocenters. The van der Waals surface area contributed by atoms with Gasteiger partial charge in [-0.25, -0.2) is 4.79 Å². The van der Waals surface area contributed by atoms with Crippen LogP contribution in [0, 0.1) is 12.8 Å². The van der Waals surface area contributed by atoms with Crippen LogP contribution in [0.1, 0.15) is 44.9 Å². The van der Waals surface area contributed by atoms with Crippen LogP contribution >= 0.6 is 0 Å². The normalized spacial score (nSPS) is 16.7. The maximum atomic E-state index is 12.0. The zero-order chi connectivity index (χ0) is 17.0. The third-order valence-electron chi connectivity index (χ3n) is 4.13. The van der Waals surface area contributed by atoms with Gasteiger partial charge in [0.05, 0.1) is 5.69 Å². The first kappa shape index (κ1) is 17.8. The smallest absolute Gasteiger partial charge is 0.410 e. The van der Waals surface area contributed by atoms with E-state index in [0.717, 1.165) is 44.7 Å². The van der Waals surface area contributed by atoms with Gasteiger partial charge >= 0.3 is 6.09 Å². The number of ether oxygens (including phenoxy) is 1.